The summed E-state index contributed by atoms with van der Waals surface area (Å²) < 4.78 is 23.5. The molecule has 5 nitrogen and oxygen atoms in total. The van der Waals surface area contributed by atoms with Crippen LogP contribution in [-0.4, -0.2) is 28.2 Å². The monoisotopic (exact) mass is 263 g/mol. The van der Waals surface area contributed by atoms with Gasteiger partial charge in [-0.05, 0) is 32.9 Å². The van der Waals surface area contributed by atoms with Crippen molar-refractivity contribution in [3.8, 4) is 0 Å². The maximum Gasteiger partial charge on any atom is 0.264 e. The SMILES string of the molecule is [2H]c1c([2H])c(NC(C)=O)c2c(c1[2H])C(=O)N(C(C)(C)C)C2=O. The molecule has 0 aliphatic carbocycles. The molecule has 0 saturated carbocycles. The second kappa shape index (κ2) is 4.19. The molecule has 1 aliphatic heterocycles. The first-order valence-electron chi connectivity index (χ1n) is 7.28. The quantitative estimate of drug-likeness (QED) is 0.788. The van der Waals surface area contributed by atoms with Crippen LogP contribution < -0.4 is 5.32 Å². The molecule has 0 bridgehead atoms. The Hall–Kier alpha value is -2.17. The van der Waals surface area contributed by atoms with Crippen LogP contribution in [0.1, 0.15) is 52.5 Å². The van der Waals surface area contributed by atoms with E-state index >= 15 is 0 Å². The molecule has 2 rings (SSSR count). The largest absolute Gasteiger partial charge is 0.326 e. The summed E-state index contributed by atoms with van der Waals surface area (Å²) in [4.78, 5) is 37.4. The van der Waals surface area contributed by atoms with Gasteiger partial charge in [0.2, 0.25) is 5.91 Å². The number of hydrogen-bond acceptors (Lipinski definition) is 3. The van der Waals surface area contributed by atoms with Gasteiger partial charge in [0.05, 0.1) is 20.9 Å². The third-order valence-electron chi connectivity index (χ3n) is 2.68. The molecule has 1 N–H and O–H groups in total. The minimum atomic E-state index is -0.822. The number of imide groups is 1. The number of amides is 3. The molecule has 0 fully saturated rings. The summed E-state index contributed by atoms with van der Waals surface area (Å²) >= 11 is 0. The van der Waals surface area contributed by atoms with Crippen LogP contribution in [0.15, 0.2) is 18.1 Å². The van der Waals surface area contributed by atoms with E-state index in [0.29, 0.717) is 0 Å². The number of fused-ring (bicyclic) bond motifs is 1. The lowest BCUT2D eigenvalue weighted by molar-refractivity contribution is -0.114. The van der Waals surface area contributed by atoms with Crippen LogP contribution in [0.5, 0.6) is 0 Å². The predicted octanol–water partition coefficient (Wildman–Crippen LogP) is 2.04. The normalized spacial score (nSPS) is 16.8. The third-order valence-corrected chi connectivity index (χ3v) is 2.68. The van der Waals surface area contributed by atoms with Gasteiger partial charge in [0, 0.05) is 12.5 Å². The summed E-state index contributed by atoms with van der Waals surface area (Å²) in [6, 6.07) is -1.42. The molecule has 5 heteroatoms. The average Bonchev–Trinajstić information content (AvgIpc) is 2.63. The number of carbonyl (C=O) groups excluding carboxylic acids is 3. The lowest BCUT2D eigenvalue weighted by Gasteiger charge is -2.29. The molecule has 0 radical (unpaired) electrons. The Labute approximate surface area is 115 Å². The third kappa shape index (κ3) is 2.12. The van der Waals surface area contributed by atoms with Gasteiger partial charge in [-0.1, -0.05) is 6.04 Å². The van der Waals surface area contributed by atoms with Gasteiger partial charge in [0.25, 0.3) is 11.8 Å². The van der Waals surface area contributed by atoms with Crippen LogP contribution in [0.25, 0.3) is 0 Å². The van der Waals surface area contributed by atoms with E-state index in [1.165, 1.54) is 6.92 Å². The summed E-state index contributed by atoms with van der Waals surface area (Å²) in [5, 5.41) is 2.33. The number of benzene rings is 1. The van der Waals surface area contributed by atoms with Crippen molar-refractivity contribution in [1.29, 1.82) is 0 Å². The van der Waals surface area contributed by atoms with Gasteiger partial charge in [-0.3, -0.25) is 19.3 Å². The van der Waals surface area contributed by atoms with Gasteiger partial charge >= 0.3 is 0 Å². The molecule has 1 aliphatic rings. The highest BCUT2D eigenvalue weighted by Crippen LogP contribution is 2.33. The second-order valence-corrected chi connectivity index (χ2v) is 5.30. The molecule has 0 saturated heterocycles. The molecule has 100 valence electrons. The Bertz CT molecular complexity index is 723. The highest BCUT2D eigenvalue weighted by atomic mass is 16.2. The predicted molar refractivity (Wildman–Crippen MR) is 71.0 cm³/mol. The van der Waals surface area contributed by atoms with Gasteiger partial charge in [0.15, 0.2) is 0 Å². The molecule has 0 spiro atoms. The van der Waals surface area contributed by atoms with Crippen LogP contribution in [0.4, 0.5) is 5.69 Å². The number of carbonyl (C=O) groups is 3. The molecule has 0 atom stereocenters. The van der Waals surface area contributed by atoms with Crippen LogP contribution in [-0.2, 0) is 4.79 Å². The van der Waals surface area contributed by atoms with Crippen LogP contribution in [0, 0.1) is 0 Å². The Kier molecular flexibility index (Phi) is 2.14. The molecular weight excluding hydrogens is 244 g/mol. The zero-order valence-corrected chi connectivity index (χ0v) is 11.2. The highest BCUT2D eigenvalue weighted by molar-refractivity contribution is 6.24. The van der Waals surface area contributed by atoms with Crippen molar-refractivity contribution in [3.63, 3.8) is 0 Å². The summed E-state index contributed by atoms with van der Waals surface area (Å²) in [5.41, 5.74) is -1.42. The Morgan fingerprint density at radius 3 is 2.42 bits per heavy atom. The van der Waals surface area contributed by atoms with Crippen LogP contribution in [0.3, 0.4) is 0 Å². The number of rotatable bonds is 1. The van der Waals surface area contributed by atoms with Crippen molar-refractivity contribution >= 4 is 23.4 Å². The van der Waals surface area contributed by atoms with Gasteiger partial charge in [-0.15, -0.1) is 0 Å². The van der Waals surface area contributed by atoms with Crippen molar-refractivity contribution in [2.24, 2.45) is 0 Å². The first-order valence-corrected chi connectivity index (χ1v) is 5.78. The smallest absolute Gasteiger partial charge is 0.264 e. The topological polar surface area (TPSA) is 66.5 Å². The maximum atomic E-state index is 12.6. The second-order valence-electron chi connectivity index (χ2n) is 5.30. The minimum absolute atomic E-state index is 0.180. The van der Waals surface area contributed by atoms with Crippen molar-refractivity contribution in [3.05, 3.63) is 29.3 Å². The van der Waals surface area contributed by atoms with Gasteiger partial charge in [-0.25, -0.2) is 0 Å². The summed E-state index contributed by atoms with van der Waals surface area (Å²) in [6.07, 6.45) is 0. The fourth-order valence-corrected chi connectivity index (χ4v) is 1.98. The fourth-order valence-electron chi connectivity index (χ4n) is 1.98. The number of hydrogen-bond donors (Lipinski definition) is 1. The molecule has 1 aromatic carbocycles. The van der Waals surface area contributed by atoms with Crippen LogP contribution in [0.2, 0.25) is 0 Å². The molecule has 0 unspecified atom stereocenters. The Morgan fingerprint density at radius 1 is 1.26 bits per heavy atom. The Morgan fingerprint density at radius 2 is 1.89 bits per heavy atom. The number of anilines is 1. The van der Waals surface area contributed by atoms with E-state index in [-0.39, 0.29) is 16.8 Å². The molecule has 0 aromatic heterocycles. The first-order chi connectivity index (χ1) is 9.98. The first kappa shape index (κ1) is 9.72. The van der Waals surface area contributed by atoms with Gasteiger partial charge in [0.1, 0.15) is 0 Å². The summed E-state index contributed by atoms with van der Waals surface area (Å²) in [7, 11) is 0. The summed E-state index contributed by atoms with van der Waals surface area (Å²) in [6.45, 7) is 6.20. The fraction of sp³-hybridized carbons (Fsp3) is 0.357. The van der Waals surface area contributed by atoms with Gasteiger partial charge < -0.3 is 5.32 Å². The number of nitrogens with one attached hydrogen (secondary N) is 1. The Balaban J connectivity index is 2.82. The zero-order valence-electron chi connectivity index (χ0n) is 14.2. The van der Waals surface area contributed by atoms with E-state index < -0.39 is 41.4 Å². The van der Waals surface area contributed by atoms with Crippen molar-refractivity contribution in [2.45, 2.75) is 33.2 Å². The van der Waals surface area contributed by atoms with E-state index in [1.54, 1.807) is 20.8 Å². The van der Waals surface area contributed by atoms with E-state index in [9.17, 15) is 14.4 Å². The number of nitrogens with zero attached hydrogens (tertiary/aromatic N) is 1. The molecule has 1 aromatic rings. The molecule has 1 heterocycles. The van der Waals surface area contributed by atoms with E-state index in [4.69, 9.17) is 4.11 Å². The van der Waals surface area contributed by atoms with E-state index in [1.807, 2.05) is 0 Å². The molecule has 3 amide bonds. The van der Waals surface area contributed by atoms with Crippen molar-refractivity contribution in [2.75, 3.05) is 5.32 Å². The lowest BCUT2D eigenvalue weighted by Crippen LogP contribution is -2.45. The van der Waals surface area contributed by atoms with Crippen molar-refractivity contribution < 1.29 is 18.5 Å². The molecule has 19 heavy (non-hydrogen) atoms. The standard InChI is InChI=1S/C14H16N2O3/c1-8(17)15-10-7-5-6-9-11(10)13(19)16(12(9)18)14(2,3)4/h5-7H,1-4H3,(H,15,17)/i5D,6D,7D. The minimum Gasteiger partial charge on any atom is -0.326 e. The van der Waals surface area contributed by atoms with Gasteiger partial charge in [-0.2, -0.15) is 0 Å². The molecular formula is C14H16N2O3. The van der Waals surface area contributed by atoms with E-state index in [0.717, 1.165) is 4.90 Å². The van der Waals surface area contributed by atoms with Crippen LogP contribution >= 0.6 is 0 Å². The van der Waals surface area contributed by atoms with Crippen molar-refractivity contribution in [1.82, 2.24) is 4.90 Å². The maximum absolute atomic E-state index is 12.6. The summed E-state index contributed by atoms with van der Waals surface area (Å²) in [5.74, 6) is -1.88. The van der Waals surface area contributed by atoms with E-state index in [2.05, 4.69) is 5.32 Å². The highest BCUT2D eigenvalue weighted by Gasteiger charge is 2.43. The lowest BCUT2D eigenvalue weighted by atomic mass is 10.1. The zero-order chi connectivity index (χ0) is 17.0. The average molecular weight is 263 g/mol.